The molecule has 0 saturated carbocycles. The van der Waals surface area contributed by atoms with Crippen molar-refractivity contribution in [1.29, 1.82) is 0 Å². The van der Waals surface area contributed by atoms with Crippen LogP contribution in [-0.4, -0.2) is 36.7 Å². The zero-order chi connectivity index (χ0) is 6.10. The van der Waals surface area contributed by atoms with E-state index in [4.69, 9.17) is 0 Å². The lowest BCUT2D eigenvalue weighted by molar-refractivity contribution is 0.563. The van der Waals surface area contributed by atoms with Crippen LogP contribution in [0.4, 0.5) is 0 Å². The molecule has 52 valence electrons. The van der Waals surface area contributed by atoms with Gasteiger partial charge in [0.05, 0.1) is 0 Å². The second kappa shape index (κ2) is 2.48. The lowest BCUT2D eigenvalue weighted by Crippen LogP contribution is -2.42. The van der Waals surface area contributed by atoms with Crippen molar-refractivity contribution in [1.82, 2.24) is 10.6 Å². The van der Waals surface area contributed by atoms with E-state index in [-0.39, 0.29) is 0 Å². The van der Waals surface area contributed by atoms with Crippen molar-refractivity contribution in [3.05, 3.63) is 0 Å². The van der Waals surface area contributed by atoms with Gasteiger partial charge in [0.25, 0.3) is 0 Å². The van der Waals surface area contributed by atoms with Crippen LogP contribution in [0.15, 0.2) is 0 Å². The van der Waals surface area contributed by atoms with E-state index in [1.54, 1.807) is 0 Å². The standard InChI is InChI=1S/C6H12N2S/c1-2-9-6-4-7-3-5(6)8-1/h5-8H,1-4H2. The molecule has 0 aliphatic carbocycles. The summed E-state index contributed by atoms with van der Waals surface area (Å²) in [6, 6.07) is 0.767. The summed E-state index contributed by atoms with van der Waals surface area (Å²) in [5.41, 5.74) is 0. The normalized spacial score (nSPS) is 42.7. The molecule has 0 radical (unpaired) electrons. The third-order valence-electron chi connectivity index (χ3n) is 2.00. The smallest absolute Gasteiger partial charge is 0.0338 e. The molecule has 2 unspecified atom stereocenters. The van der Waals surface area contributed by atoms with Crippen molar-refractivity contribution in [2.24, 2.45) is 0 Å². The van der Waals surface area contributed by atoms with Crippen LogP contribution in [0.2, 0.25) is 0 Å². The van der Waals surface area contributed by atoms with Crippen molar-refractivity contribution in [2.75, 3.05) is 25.4 Å². The van der Waals surface area contributed by atoms with E-state index in [9.17, 15) is 0 Å². The molecule has 0 bridgehead atoms. The van der Waals surface area contributed by atoms with Crippen LogP contribution in [0.25, 0.3) is 0 Å². The van der Waals surface area contributed by atoms with E-state index >= 15 is 0 Å². The van der Waals surface area contributed by atoms with Gasteiger partial charge in [0, 0.05) is 36.7 Å². The Hall–Kier alpha value is 0.270. The minimum atomic E-state index is 0.767. The average molecular weight is 144 g/mol. The zero-order valence-electron chi connectivity index (χ0n) is 5.39. The largest absolute Gasteiger partial charge is 0.314 e. The molecule has 2 atom stereocenters. The van der Waals surface area contributed by atoms with Gasteiger partial charge in [0.1, 0.15) is 0 Å². The summed E-state index contributed by atoms with van der Waals surface area (Å²) < 4.78 is 0. The number of thioether (sulfide) groups is 1. The molecule has 0 aromatic heterocycles. The monoisotopic (exact) mass is 144 g/mol. The van der Waals surface area contributed by atoms with Crippen molar-refractivity contribution >= 4 is 11.8 Å². The Morgan fingerprint density at radius 3 is 3.22 bits per heavy atom. The lowest BCUT2D eigenvalue weighted by Gasteiger charge is -2.24. The summed E-state index contributed by atoms with van der Waals surface area (Å²) in [6.45, 7) is 3.59. The predicted octanol–water partition coefficient (Wildman–Crippen LogP) is -0.337. The fourth-order valence-electron chi connectivity index (χ4n) is 1.49. The predicted molar refractivity (Wildman–Crippen MR) is 40.9 cm³/mol. The van der Waals surface area contributed by atoms with Gasteiger partial charge in [0.2, 0.25) is 0 Å². The van der Waals surface area contributed by atoms with Crippen LogP contribution in [0.3, 0.4) is 0 Å². The fourth-order valence-corrected chi connectivity index (χ4v) is 2.69. The molecular formula is C6H12N2S. The Morgan fingerprint density at radius 2 is 2.33 bits per heavy atom. The van der Waals surface area contributed by atoms with E-state index in [0.29, 0.717) is 0 Å². The first kappa shape index (κ1) is 6.01. The molecule has 2 N–H and O–H groups in total. The molecule has 2 saturated heterocycles. The van der Waals surface area contributed by atoms with Crippen LogP contribution in [0.1, 0.15) is 0 Å². The highest BCUT2D eigenvalue weighted by Gasteiger charge is 2.29. The molecule has 0 aromatic carbocycles. The van der Waals surface area contributed by atoms with Crippen LogP contribution in [0.5, 0.6) is 0 Å². The Labute approximate surface area is 59.8 Å². The molecule has 0 amide bonds. The fraction of sp³-hybridized carbons (Fsp3) is 1.00. The van der Waals surface area contributed by atoms with Gasteiger partial charge < -0.3 is 10.6 Å². The molecule has 2 rings (SSSR count). The van der Waals surface area contributed by atoms with Gasteiger partial charge in [-0.05, 0) is 0 Å². The van der Waals surface area contributed by atoms with Crippen molar-refractivity contribution in [3.63, 3.8) is 0 Å². The first-order valence-corrected chi connectivity index (χ1v) is 4.57. The van der Waals surface area contributed by atoms with Gasteiger partial charge in [-0.25, -0.2) is 0 Å². The maximum absolute atomic E-state index is 3.50. The molecule has 2 nitrogen and oxygen atoms in total. The van der Waals surface area contributed by atoms with Gasteiger partial charge in [-0.3, -0.25) is 0 Å². The summed E-state index contributed by atoms with van der Waals surface area (Å²) in [5, 5.41) is 7.74. The third kappa shape index (κ3) is 1.09. The molecule has 2 heterocycles. The molecule has 2 aliphatic rings. The van der Waals surface area contributed by atoms with Gasteiger partial charge in [-0.1, -0.05) is 0 Å². The highest BCUT2D eigenvalue weighted by atomic mass is 32.2. The zero-order valence-corrected chi connectivity index (χ0v) is 6.21. The summed E-state index contributed by atoms with van der Waals surface area (Å²) in [4.78, 5) is 0. The second-order valence-electron chi connectivity index (χ2n) is 2.63. The minimum Gasteiger partial charge on any atom is -0.314 e. The van der Waals surface area contributed by atoms with Crippen molar-refractivity contribution < 1.29 is 0 Å². The second-order valence-corrected chi connectivity index (χ2v) is 3.98. The van der Waals surface area contributed by atoms with Gasteiger partial charge >= 0.3 is 0 Å². The molecule has 0 aromatic rings. The van der Waals surface area contributed by atoms with Gasteiger partial charge in [-0.2, -0.15) is 11.8 Å². The molecule has 2 fully saturated rings. The highest BCUT2D eigenvalue weighted by molar-refractivity contribution is 8.00. The summed E-state index contributed by atoms with van der Waals surface area (Å²) in [5.74, 6) is 1.29. The van der Waals surface area contributed by atoms with Gasteiger partial charge in [-0.15, -0.1) is 0 Å². The lowest BCUT2D eigenvalue weighted by atomic mass is 10.2. The van der Waals surface area contributed by atoms with E-state index in [1.807, 2.05) is 0 Å². The molecular weight excluding hydrogens is 132 g/mol. The Morgan fingerprint density at radius 1 is 1.33 bits per heavy atom. The van der Waals surface area contributed by atoms with Crippen molar-refractivity contribution in [2.45, 2.75) is 11.3 Å². The Bertz CT molecular complexity index is 95.2. The average Bonchev–Trinajstić information content (AvgIpc) is 2.33. The van der Waals surface area contributed by atoms with Crippen LogP contribution >= 0.6 is 11.8 Å². The summed E-state index contributed by atoms with van der Waals surface area (Å²) in [7, 11) is 0. The van der Waals surface area contributed by atoms with E-state index in [1.165, 1.54) is 25.4 Å². The number of hydrogen-bond donors (Lipinski definition) is 2. The molecule has 9 heavy (non-hydrogen) atoms. The molecule has 3 heteroatoms. The number of hydrogen-bond acceptors (Lipinski definition) is 3. The van der Waals surface area contributed by atoms with Crippen LogP contribution in [0, 0.1) is 0 Å². The highest BCUT2D eigenvalue weighted by Crippen LogP contribution is 2.20. The minimum absolute atomic E-state index is 0.767. The maximum Gasteiger partial charge on any atom is 0.0338 e. The first-order chi connectivity index (χ1) is 4.47. The van der Waals surface area contributed by atoms with Gasteiger partial charge in [0.15, 0.2) is 0 Å². The SMILES string of the molecule is C1CSC2CNCC2N1. The Balaban J connectivity index is 1.97. The molecule has 0 spiro atoms. The van der Waals surface area contributed by atoms with Crippen molar-refractivity contribution in [3.8, 4) is 0 Å². The quantitative estimate of drug-likeness (QED) is 0.486. The summed E-state index contributed by atoms with van der Waals surface area (Å²) >= 11 is 2.11. The first-order valence-electron chi connectivity index (χ1n) is 3.52. The van der Waals surface area contributed by atoms with Crippen LogP contribution in [-0.2, 0) is 0 Å². The van der Waals surface area contributed by atoms with Crippen LogP contribution < -0.4 is 10.6 Å². The maximum atomic E-state index is 3.50. The summed E-state index contributed by atoms with van der Waals surface area (Å²) in [6.07, 6.45) is 0. The number of fused-ring (bicyclic) bond motifs is 1. The number of rotatable bonds is 0. The van der Waals surface area contributed by atoms with E-state index < -0.39 is 0 Å². The van der Waals surface area contributed by atoms with E-state index in [0.717, 1.165) is 11.3 Å². The molecule has 2 aliphatic heterocycles. The topological polar surface area (TPSA) is 24.1 Å². The Kier molecular flexibility index (Phi) is 1.66. The third-order valence-corrected chi connectivity index (χ3v) is 3.36. The van der Waals surface area contributed by atoms with E-state index in [2.05, 4.69) is 22.4 Å². The number of nitrogens with one attached hydrogen (secondary N) is 2.